The predicted octanol–water partition coefficient (Wildman–Crippen LogP) is 4.20. The number of aromatic nitrogens is 1. The molecule has 1 aromatic carbocycles. The molecule has 0 saturated carbocycles. The van der Waals surface area contributed by atoms with Crippen molar-refractivity contribution in [2.75, 3.05) is 0 Å². The van der Waals surface area contributed by atoms with Crippen LogP contribution < -0.4 is 4.74 Å². The van der Waals surface area contributed by atoms with Crippen LogP contribution in [-0.2, 0) is 6.54 Å². The van der Waals surface area contributed by atoms with E-state index in [2.05, 4.69) is 9.72 Å². The first-order valence-corrected chi connectivity index (χ1v) is 5.43. The summed E-state index contributed by atoms with van der Waals surface area (Å²) in [6.45, 7) is 0.130. The van der Waals surface area contributed by atoms with E-state index in [0.29, 0.717) is 11.3 Å². The van der Waals surface area contributed by atoms with E-state index in [4.69, 9.17) is 5.73 Å². The van der Waals surface area contributed by atoms with Gasteiger partial charge in [0.2, 0.25) is 0 Å². The fraction of sp³-hybridized carbons (Fsp3) is 0.154. The molecule has 1 N–H and O–H groups in total. The Morgan fingerprint density at radius 3 is 2.37 bits per heavy atom. The fourth-order valence-corrected chi connectivity index (χ4v) is 1.57. The standard InChI is InChI=1S/C13H10F3N2O/c14-13(15,16)19-11-3-1-10(2-4-11)12-7-9(8-17)5-6-18-12/h1-7,17H,8H2/q-1. The number of pyridine rings is 1. The molecule has 0 aliphatic rings. The second-order valence-electron chi connectivity index (χ2n) is 3.80. The first-order chi connectivity index (χ1) is 8.98. The minimum atomic E-state index is -4.69. The normalized spacial score (nSPS) is 11.4. The Bertz CT molecular complexity index is 553. The van der Waals surface area contributed by atoms with Gasteiger partial charge in [0.15, 0.2) is 0 Å². The molecule has 0 saturated heterocycles. The molecular formula is C13H10F3N2O-. The number of halogens is 3. The van der Waals surface area contributed by atoms with Crippen LogP contribution in [0.25, 0.3) is 17.0 Å². The Labute approximate surface area is 107 Å². The average Bonchev–Trinajstić information content (AvgIpc) is 2.38. The summed E-state index contributed by atoms with van der Waals surface area (Å²) in [7, 11) is 0. The van der Waals surface area contributed by atoms with Crippen LogP contribution in [0.1, 0.15) is 5.56 Å². The smallest absolute Gasteiger partial charge is 0.573 e. The number of hydrogen-bond donors (Lipinski definition) is 0. The Morgan fingerprint density at radius 2 is 1.79 bits per heavy atom. The van der Waals surface area contributed by atoms with Gasteiger partial charge in [0, 0.05) is 11.8 Å². The maximum atomic E-state index is 12.0. The van der Waals surface area contributed by atoms with Crippen LogP contribution in [0.5, 0.6) is 5.75 Å². The number of benzene rings is 1. The van der Waals surface area contributed by atoms with Crippen LogP contribution in [0.3, 0.4) is 0 Å². The molecule has 2 aromatic rings. The third kappa shape index (κ3) is 3.69. The van der Waals surface area contributed by atoms with Gasteiger partial charge in [-0.3, -0.25) is 4.98 Å². The van der Waals surface area contributed by atoms with Gasteiger partial charge in [0.1, 0.15) is 5.75 Å². The summed E-state index contributed by atoms with van der Waals surface area (Å²) in [4.78, 5) is 4.12. The van der Waals surface area contributed by atoms with E-state index in [0.717, 1.165) is 5.56 Å². The van der Waals surface area contributed by atoms with Crippen molar-refractivity contribution in [3.05, 3.63) is 53.9 Å². The number of ether oxygens (including phenoxy) is 1. The predicted molar refractivity (Wildman–Crippen MR) is 64.4 cm³/mol. The highest BCUT2D eigenvalue weighted by atomic mass is 19.4. The van der Waals surface area contributed by atoms with Crippen LogP contribution in [-0.4, -0.2) is 11.3 Å². The highest BCUT2D eigenvalue weighted by Gasteiger charge is 2.30. The van der Waals surface area contributed by atoms with E-state index in [-0.39, 0.29) is 12.3 Å². The van der Waals surface area contributed by atoms with Crippen molar-refractivity contribution in [3.8, 4) is 17.0 Å². The molecular weight excluding hydrogens is 257 g/mol. The molecule has 1 aromatic heterocycles. The molecule has 0 fully saturated rings. The molecule has 0 bridgehead atoms. The lowest BCUT2D eigenvalue weighted by Gasteiger charge is -2.09. The number of nitrogens with one attached hydrogen (secondary N) is 1. The lowest BCUT2D eigenvalue weighted by Crippen LogP contribution is -2.16. The topological polar surface area (TPSA) is 45.9 Å². The summed E-state index contributed by atoms with van der Waals surface area (Å²) in [6.07, 6.45) is -3.12. The molecule has 0 amide bonds. The molecule has 100 valence electrons. The summed E-state index contributed by atoms with van der Waals surface area (Å²) < 4.78 is 39.8. The summed E-state index contributed by atoms with van der Waals surface area (Å²) in [5.74, 6) is -0.270. The third-order valence-corrected chi connectivity index (χ3v) is 2.41. The van der Waals surface area contributed by atoms with E-state index >= 15 is 0 Å². The van der Waals surface area contributed by atoms with Crippen molar-refractivity contribution in [3.63, 3.8) is 0 Å². The molecule has 19 heavy (non-hydrogen) atoms. The lowest BCUT2D eigenvalue weighted by atomic mass is 10.1. The molecule has 0 aliphatic carbocycles. The third-order valence-electron chi connectivity index (χ3n) is 2.41. The Morgan fingerprint density at radius 1 is 1.11 bits per heavy atom. The maximum Gasteiger partial charge on any atom is 0.573 e. The highest BCUT2D eigenvalue weighted by Crippen LogP contribution is 2.25. The van der Waals surface area contributed by atoms with Crippen LogP contribution in [0.2, 0.25) is 0 Å². The number of hydrogen-bond acceptors (Lipinski definition) is 2. The molecule has 2 rings (SSSR count). The van der Waals surface area contributed by atoms with Crippen molar-refractivity contribution < 1.29 is 17.9 Å². The first-order valence-electron chi connectivity index (χ1n) is 5.43. The van der Waals surface area contributed by atoms with E-state index in [1.807, 2.05) is 0 Å². The first kappa shape index (κ1) is 13.4. The fourth-order valence-electron chi connectivity index (χ4n) is 1.57. The van der Waals surface area contributed by atoms with E-state index in [9.17, 15) is 13.2 Å². The summed E-state index contributed by atoms with van der Waals surface area (Å²) in [5.41, 5.74) is 9.34. The second kappa shape index (κ2) is 5.27. The SMILES string of the molecule is [NH-]Cc1ccnc(-c2ccc(OC(F)(F)F)cc2)c1. The monoisotopic (exact) mass is 267 g/mol. The van der Waals surface area contributed by atoms with Crippen molar-refractivity contribution in [1.29, 1.82) is 0 Å². The molecule has 0 spiro atoms. The minimum Gasteiger partial charge on any atom is -0.674 e. The number of rotatable bonds is 3. The zero-order chi connectivity index (χ0) is 13.9. The van der Waals surface area contributed by atoms with Crippen molar-refractivity contribution in [2.45, 2.75) is 12.9 Å². The van der Waals surface area contributed by atoms with Gasteiger partial charge in [-0.25, -0.2) is 0 Å². The van der Waals surface area contributed by atoms with E-state index in [1.54, 1.807) is 18.3 Å². The zero-order valence-corrected chi connectivity index (χ0v) is 9.74. The summed E-state index contributed by atoms with van der Waals surface area (Å²) in [6, 6.07) is 8.91. The van der Waals surface area contributed by atoms with Gasteiger partial charge >= 0.3 is 6.36 Å². The number of alkyl halides is 3. The van der Waals surface area contributed by atoms with Crippen LogP contribution >= 0.6 is 0 Å². The Kier molecular flexibility index (Phi) is 3.71. The lowest BCUT2D eigenvalue weighted by molar-refractivity contribution is -0.274. The van der Waals surface area contributed by atoms with Gasteiger partial charge in [-0.2, -0.15) is 0 Å². The van der Waals surface area contributed by atoms with E-state index < -0.39 is 6.36 Å². The van der Waals surface area contributed by atoms with Crippen LogP contribution in [0.4, 0.5) is 13.2 Å². The average molecular weight is 267 g/mol. The van der Waals surface area contributed by atoms with Crippen LogP contribution in [0, 0.1) is 0 Å². The van der Waals surface area contributed by atoms with Crippen LogP contribution in [0.15, 0.2) is 42.6 Å². The summed E-state index contributed by atoms with van der Waals surface area (Å²) >= 11 is 0. The second-order valence-corrected chi connectivity index (χ2v) is 3.80. The van der Waals surface area contributed by atoms with Crippen molar-refractivity contribution in [1.82, 2.24) is 4.98 Å². The molecule has 0 atom stereocenters. The minimum absolute atomic E-state index is 0.130. The Hall–Kier alpha value is -2.08. The summed E-state index contributed by atoms with van der Waals surface area (Å²) in [5, 5.41) is 0. The van der Waals surface area contributed by atoms with Crippen molar-refractivity contribution >= 4 is 0 Å². The molecule has 3 nitrogen and oxygen atoms in total. The number of nitrogens with zero attached hydrogens (tertiary/aromatic N) is 1. The maximum absolute atomic E-state index is 12.0. The van der Waals surface area contributed by atoms with Gasteiger partial charge in [-0.15, -0.1) is 19.7 Å². The molecule has 6 heteroatoms. The largest absolute Gasteiger partial charge is 0.674 e. The molecule has 0 aliphatic heterocycles. The van der Waals surface area contributed by atoms with Gasteiger partial charge in [0.25, 0.3) is 0 Å². The van der Waals surface area contributed by atoms with Crippen molar-refractivity contribution in [2.24, 2.45) is 0 Å². The molecule has 0 radical (unpaired) electrons. The Balaban J connectivity index is 2.22. The van der Waals surface area contributed by atoms with Gasteiger partial charge in [-0.1, -0.05) is 5.56 Å². The zero-order valence-electron chi connectivity index (χ0n) is 9.74. The van der Waals surface area contributed by atoms with Gasteiger partial charge < -0.3 is 10.5 Å². The molecule has 1 heterocycles. The molecule has 0 unspecified atom stereocenters. The quantitative estimate of drug-likeness (QED) is 0.836. The highest BCUT2D eigenvalue weighted by molar-refractivity contribution is 5.60. The van der Waals surface area contributed by atoms with Gasteiger partial charge in [-0.05, 0) is 36.4 Å². The van der Waals surface area contributed by atoms with Gasteiger partial charge in [0.05, 0.1) is 5.69 Å². The van der Waals surface area contributed by atoms with E-state index in [1.165, 1.54) is 24.3 Å².